The quantitative estimate of drug-likeness (QED) is 0.211. The summed E-state index contributed by atoms with van der Waals surface area (Å²) in [5.74, 6) is 0. The standard InChI is InChI=1S/2C11H24O3Si/c1-8-15(12-9(2)3,13-10(4)5)14-11(6)7;1-5-6-7-8-9-10-11-15(12-2,13-3)14-4/h8-11H,1H2,2-7H3;10-11H,5-9H2,1-4H3. The molecule has 6 nitrogen and oxygen atoms in total. The Morgan fingerprint density at radius 2 is 1.13 bits per heavy atom. The van der Waals surface area contributed by atoms with Crippen LogP contribution in [0.4, 0.5) is 0 Å². The lowest BCUT2D eigenvalue weighted by atomic mass is 10.2. The molecule has 0 radical (unpaired) electrons. The zero-order chi connectivity index (χ0) is 23.6. The molecule has 8 heteroatoms. The van der Waals surface area contributed by atoms with Crippen molar-refractivity contribution in [3.8, 4) is 0 Å². The van der Waals surface area contributed by atoms with Crippen molar-refractivity contribution in [1.82, 2.24) is 0 Å². The van der Waals surface area contributed by atoms with Crippen molar-refractivity contribution >= 4 is 17.6 Å². The van der Waals surface area contributed by atoms with Gasteiger partial charge < -0.3 is 26.6 Å². The number of unbranched alkanes of at least 4 members (excludes halogenated alkanes) is 4. The molecule has 0 saturated carbocycles. The molecule has 0 fully saturated rings. The molecule has 0 amide bonds. The Hall–Kier alpha value is -0.326. The predicted molar refractivity (Wildman–Crippen MR) is 129 cm³/mol. The molecule has 0 heterocycles. The summed E-state index contributed by atoms with van der Waals surface area (Å²) in [4.78, 5) is 0. The second-order valence-corrected chi connectivity index (χ2v) is 12.9. The first-order valence-corrected chi connectivity index (χ1v) is 14.7. The molecule has 0 bridgehead atoms. The van der Waals surface area contributed by atoms with Gasteiger partial charge in [-0.2, -0.15) is 0 Å². The van der Waals surface area contributed by atoms with Gasteiger partial charge in [-0.1, -0.05) is 38.8 Å². The normalized spacial score (nSPS) is 12.7. The van der Waals surface area contributed by atoms with Gasteiger partial charge in [-0.3, -0.25) is 0 Å². The highest BCUT2D eigenvalue weighted by atomic mass is 28.4. The Morgan fingerprint density at radius 3 is 1.43 bits per heavy atom. The highest BCUT2D eigenvalue weighted by Gasteiger charge is 2.41. The second-order valence-electron chi connectivity index (χ2n) is 7.78. The van der Waals surface area contributed by atoms with Gasteiger partial charge in [-0.15, -0.1) is 0 Å². The lowest BCUT2D eigenvalue weighted by molar-refractivity contribution is 0.0140. The summed E-state index contributed by atoms with van der Waals surface area (Å²) in [7, 11) is -0.284. The van der Waals surface area contributed by atoms with E-state index in [0.717, 1.165) is 6.42 Å². The highest BCUT2D eigenvalue weighted by molar-refractivity contribution is 6.66. The maximum Gasteiger partial charge on any atom is 0.529 e. The summed E-state index contributed by atoms with van der Waals surface area (Å²) in [5.41, 5.74) is 3.66. The van der Waals surface area contributed by atoms with E-state index in [1.807, 2.05) is 47.2 Å². The second kappa shape index (κ2) is 18.3. The number of hydrogen-bond acceptors (Lipinski definition) is 6. The van der Waals surface area contributed by atoms with E-state index in [0.29, 0.717) is 0 Å². The van der Waals surface area contributed by atoms with E-state index in [4.69, 9.17) is 26.6 Å². The zero-order valence-corrected chi connectivity index (χ0v) is 23.2. The van der Waals surface area contributed by atoms with Crippen LogP contribution in [0.5, 0.6) is 0 Å². The van der Waals surface area contributed by atoms with Crippen LogP contribution in [0.15, 0.2) is 24.1 Å². The first-order chi connectivity index (χ1) is 14.1. The summed E-state index contributed by atoms with van der Waals surface area (Å²) in [5, 5.41) is 0. The van der Waals surface area contributed by atoms with Crippen LogP contribution in [-0.4, -0.2) is 57.3 Å². The summed E-state index contributed by atoms with van der Waals surface area (Å²) in [6.07, 6.45) is 8.52. The van der Waals surface area contributed by atoms with Crippen LogP contribution in [0.1, 0.15) is 80.6 Å². The van der Waals surface area contributed by atoms with E-state index in [1.54, 1.807) is 27.0 Å². The molecule has 0 aliphatic rings. The smallest absolute Gasteiger partial charge is 0.374 e. The molecule has 0 aliphatic heterocycles. The lowest BCUT2D eigenvalue weighted by Gasteiger charge is -2.31. The van der Waals surface area contributed by atoms with E-state index in [9.17, 15) is 0 Å². The van der Waals surface area contributed by atoms with Gasteiger partial charge in [0.1, 0.15) is 0 Å². The maximum absolute atomic E-state index is 5.79. The van der Waals surface area contributed by atoms with Crippen LogP contribution < -0.4 is 0 Å². The largest absolute Gasteiger partial charge is 0.529 e. The summed E-state index contributed by atoms with van der Waals surface area (Å²) in [6, 6.07) is 0. The molecule has 0 rings (SSSR count). The number of rotatable bonds is 16. The van der Waals surface area contributed by atoms with Gasteiger partial charge in [0, 0.05) is 39.6 Å². The fourth-order valence-corrected chi connectivity index (χ4v) is 6.37. The molecule has 30 heavy (non-hydrogen) atoms. The Bertz CT molecular complexity index is 403. The SMILES string of the molecule is C=C[Si](OC(C)C)(OC(C)C)OC(C)C.CCCCCCC=C[Si](OC)(OC)OC. The Morgan fingerprint density at radius 1 is 0.700 bits per heavy atom. The van der Waals surface area contributed by atoms with Crippen molar-refractivity contribution in [2.45, 2.75) is 98.9 Å². The minimum Gasteiger partial charge on any atom is -0.374 e. The highest BCUT2D eigenvalue weighted by Crippen LogP contribution is 2.18. The van der Waals surface area contributed by atoms with Gasteiger partial charge in [0.2, 0.25) is 0 Å². The van der Waals surface area contributed by atoms with E-state index >= 15 is 0 Å². The minimum atomic E-state index is -2.69. The first kappa shape index (κ1) is 31.9. The van der Waals surface area contributed by atoms with Crippen molar-refractivity contribution in [1.29, 1.82) is 0 Å². The zero-order valence-electron chi connectivity index (χ0n) is 21.2. The summed E-state index contributed by atoms with van der Waals surface area (Å²) in [6.45, 7) is 17.8. The van der Waals surface area contributed by atoms with Crippen molar-refractivity contribution in [3.63, 3.8) is 0 Å². The molecule has 180 valence electrons. The van der Waals surface area contributed by atoms with Crippen molar-refractivity contribution in [2.24, 2.45) is 0 Å². The van der Waals surface area contributed by atoms with Crippen LogP contribution in [0.2, 0.25) is 0 Å². The van der Waals surface area contributed by atoms with Gasteiger partial charge >= 0.3 is 17.6 Å². The van der Waals surface area contributed by atoms with Crippen LogP contribution >= 0.6 is 0 Å². The van der Waals surface area contributed by atoms with Gasteiger partial charge in [0.25, 0.3) is 0 Å². The van der Waals surface area contributed by atoms with Crippen molar-refractivity contribution in [3.05, 3.63) is 24.1 Å². The molecule has 0 aromatic carbocycles. The monoisotopic (exact) mass is 464 g/mol. The van der Waals surface area contributed by atoms with E-state index in [1.165, 1.54) is 25.7 Å². The minimum absolute atomic E-state index is 0.0761. The van der Waals surface area contributed by atoms with Crippen LogP contribution in [0.3, 0.4) is 0 Å². The molecule has 0 saturated heterocycles. The molecule has 0 N–H and O–H groups in total. The van der Waals surface area contributed by atoms with Crippen molar-refractivity contribution < 1.29 is 26.6 Å². The van der Waals surface area contributed by atoms with Gasteiger partial charge in [0.15, 0.2) is 0 Å². The fourth-order valence-electron chi connectivity index (χ4n) is 2.58. The van der Waals surface area contributed by atoms with Crippen LogP contribution in [0.25, 0.3) is 0 Å². The third-order valence-corrected chi connectivity index (χ3v) is 9.10. The molecular formula is C22H48O6Si2. The van der Waals surface area contributed by atoms with E-state index in [-0.39, 0.29) is 18.3 Å². The average Bonchev–Trinajstić information content (AvgIpc) is 2.67. The molecule has 0 spiro atoms. The first-order valence-electron chi connectivity index (χ1n) is 11.1. The molecule has 0 atom stereocenters. The summed E-state index contributed by atoms with van der Waals surface area (Å²) >= 11 is 0. The lowest BCUT2D eigenvalue weighted by Crippen LogP contribution is -2.49. The fraction of sp³-hybridized carbons (Fsp3) is 0.818. The molecular weight excluding hydrogens is 416 g/mol. The molecule has 0 aromatic rings. The predicted octanol–water partition coefficient (Wildman–Crippen LogP) is 5.86. The Labute approximate surface area is 188 Å². The average molecular weight is 465 g/mol. The van der Waals surface area contributed by atoms with Gasteiger partial charge in [0.05, 0.1) is 0 Å². The van der Waals surface area contributed by atoms with Gasteiger partial charge in [-0.05, 0) is 65.8 Å². The molecule has 0 aromatic heterocycles. The maximum atomic E-state index is 5.79. The Kier molecular flexibility index (Phi) is 19.4. The van der Waals surface area contributed by atoms with E-state index < -0.39 is 17.6 Å². The third kappa shape index (κ3) is 15.5. The Balaban J connectivity index is 0. The van der Waals surface area contributed by atoms with Gasteiger partial charge in [-0.25, -0.2) is 0 Å². The topological polar surface area (TPSA) is 55.4 Å². The van der Waals surface area contributed by atoms with Crippen LogP contribution in [-0.2, 0) is 26.6 Å². The third-order valence-electron chi connectivity index (χ3n) is 3.85. The number of hydrogen-bond donors (Lipinski definition) is 0. The molecule has 0 aliphatic carbocycles. The molecule has 0 unspecified atom stereocenters. The number of allylic oxidation sites excluding steroid dienone is 1. The van der Waals surface area contributed by atoms with Crippen LogP contribution in [0, 0.1) is 0 Å². The summed E-state index contributed by atoms with van der Waals surface area (Å²) < 4.78 is 33.2. The van der Waals surface area contributed by atoms with Crippen molar-refractivity contribution in [2.75, 3.05) is 21.3 Å². The van der Waals surface area contributed by atoms with E-state index in [2.05, 4.69) is 19.6 Å².